The van der Waals surface area contributed by atoms with E-state index in [4.69, 9.17) is 18.9 Å². The lowest BCUT2D eigenvalue weighted by molar-refractivity contribution is -0.118. The fourth-order valence-electron chi connectivity index (χ4n) is 7.91. The quantitative estimate of drug-likeness (QED) is 0.534. The standard InChI is InChI=1S/2C17H19NO3/c2*1-18-8-7-17-6-5-12(19)9-14(17)21-16-13(20-2)4-3-11(10-18)15(16)17/h2*3-6,14H,7-10H2,1-2H3/t2*14-,17-/m10/s1. The van der Waals surface area contributed by atoms with Gasteiger partial charge in [-0.1, -0.05) is 24.3 Å². The van der Waals surface area contributed by atoms with Crippen molar-refractivity contribution in [3.8, 4) is 23.0 Å². The van der Waals surface area contributed by atoms with E-state index in [-0.39, 0.29) is 34.6 Å². The van der Waals surface area contributed by atoms with Crippen LogP contribution in [0.4, 0.5) is 0 Å². The Morgan fingerprint density at radius 2 is 1.14 bits per heavy atom. The van der Waals surface area contributed by atoms with Crippen LogP contribution in [0, 0.1) is 0 Å². The Hall–Kier alpha value is -3.62. The molecule has 0 amide bonds. The average molecular weight is 571 g/mol. The van der Waals surface area contributed by atoms with E-state index in [9.17, 15) is 9.59 Å². The minimum atomic E-state index is -0.169. The molecular weight excluding hydrogens is 532 g/mol. The van der Waals surface area contributed by atoms with Crippen molar-refractivity contribution in [3.05, 3.63) is 70.8 Å². The van der Waals surface area contributed by atoms with Crippen LogP contribution in [0.1, 0.15) is 47.9 Å². The summed E-state index contributed by atoms with van der Waals surface area (Å²) in [6.45, 7) is 3.81. The molecule has 2 spiro atoms. The Kier molecular flexibility index (Phi) is 6.47. The Morgan fingerprint density at radius 1 is 0.714 bits per heavy atom. The number of carbonyl (C=O) groups is 2. The van der Waals surface area contributed by atoms with Crippen LogP contribution >= 0.6 is 0 Å². The van der Waals surface area contributed by atoms with E-state index in [1.54, 1.807) is 26.4 Å². The normalized spacial score (nSPS) is 30.4. The molecule has 0 saturated carbocycles. The second kappa shape index (κ2) is 9.99. The number of carbonyl (C=O) groups excluding carboxylic acids is 2. The molecule has 2 aliphatic carbocycles. The molecule has 0 bridgehead atoms. The molecule has 2 aromatic rings. The zero-order valence-electron chi connectivity index (χ0n) is 24.8. The first-order valence-corrected chi connectivity index (χ1v) is 14.8. The smallest absolute Gasteiger partial charge is 0.166 e. The molecule has 0 N–H and O–H groups in total. The third-order valence-corrected chi connectivity index (χ3v) is 10.1. The van der Waals surface area contributed by atoms with Gasteiger partial charge in [0.05, 0.1) is 25.0 Å². The molecule has 4 aliphatic heterocycles. The van der Waals surface area contributed by atoms with Crippen molar-refractivity contribution in [1.29, 1.82) is 0 Å². The third kappa shape index (κ3) is 4.02. The highest BCUT2D eigenvalue weighted by molar-refractivity contribution is 5.93. The third-order valence-electron chi connectivity index (χ3n) is 10.1. The highest BCUT2D eigenvalue weighted by atomic mass is 16.5. The Labute approximate surface area is 246 Å². The molecule has 8 heteroatoms. The molecule has 4 heterocycles. The number of allylic oxidation sites excluding steroid dienone is 2. The Balaban J connectivity index is 0.000000137. The summed E-state index contributed by atoms with van der Waals surface area (Å²) in [4.78, 5) is 28.3. The SMILES string of the molecule is COc1ccc2c3c1O[C@@H]1CC(=O)C=C[C@]31CCN(C)C2.COc1ccc2c3c1O[C@H]1CC(=O)C=C[C@@]31CCN(C)C2. The molecule has 0 saturated heterocycles. The van der Waals surface area contributed by atoms with Crippen LogP contribution in [0.2, 0.25) is 0 Å². The number of methoxy groups -OCH3 is 2. The van der Waals surface area contributed by atoms with E-state index in [1.807, 2.05) is 12.1 Å². The van der Waals surface area contributed by atoms with E-state index < -0.39 is 0 Å². The molecule has 42 heavy (non-hydrogen) atoms. The first-order chi connectivity index (χ1) is 20.3. The molecule has 6 aliphatic rings. The maximum absolute atomic E-state index is 11.8. The van der Waals surface area contributed by atoms with E-state index >= 15 is 0 Å². The Bertz CT molecular complexity index is 1420. The fourth-order valence-corrected chi connectivity index (χ4v) is 7.91. The second-order valence-corrected chi connectivity index (χ2v) is 12.5. The van der Waals surface area contributed by atoms with Crippen molar-refractivity contribution >= 4 is 11.6 Å². The van der Waals surface area contributed by atoms with E-state index in [0.29, 0.717) is 12.8 Å². The first-order valence-electron chi connectivity index (χ1n) is 14.8. The summed E-state index contributed by atoms with van der Waals surface area (Å²) in [6.07, 6.45) is 10.3. The highest BCUT2D eigenvalue weighted by Crippen LogP contribution is 2.56. The maximum Gasteiger partial charge on any atom is 0.166 e. The van der Waals surface area contributed by atoms with Gasteiger partial charge < -0.3 is 28.7 Å². The summed E-state index contributed by atoms with van der Waals surface area (Å²) >= 11 is 0. The number of hydrogen-bond donors (Lipinski definition) is 0. The summed E-state index contributed by atoms with van der Waals surface area (Å²) in [5, 5.41) is 0. The van der Waals surface area contributed by atoms with Crippen molar-refractivity contribution < 1.29 is 28.5 Å². The van der Waals surface area contributed by atoms with Crippen LogP contribution < -0.4 is 18.9 Å². The van der Waals surface area contributed by atoms with Gasteiger partial charge in [-0.05, 0) is 75.4 Å². The van der Waals surface area contributed by atoms with Gasteiger partial charge in [0.2, 0.25) is 0 Å². The van der Waals surface area contributed by atoms with Crippen molar-refractivity contribution in [3.63, 3.8) is 0 Å². The molecule has 0 radical (unpaired) electrons. The molecule has 0 fully saturated rings. The maximum atomic E-state index is 11.8. The molecular formula is C34H38N2O6. The van der Waals surface area contributed by atoms with Crippen molar-refractivity contribution in [2.45, 2.75) is 61.8 Å². The number of ether oxygens (including phenoxy) is 4. The molecule has 8 nitrogen and oxygen atoms in total. The summed E-state index contributed by atoms with van der Waals surface area (Å²) in [5.41, 5.74) is 4.70. The number of benzene rings is 2. The van der Waals surface area contributed by atoms with E-state index in [1.165, 1.54) is 22.3 Å². The lowest BCUT2D eigenvalue weighted by atomic mass is 9.69. The monoisotopic (exact) mass is 570 g/mol. The number of rotatable bonds is 2. The average Bonchev–Trinajstić information content (AvgIpc) is 3.38. The van der Waals surface area contributed by atoms with Gasteiger partial charge in [-0.3, -0.25) is 9.59 Å². The first kappa shape index (κ1) is 27.2. The molecule has 220 valence electrons. The summed E-state index contributed by atoms with van der Waals surface area (Å²) < 4.78 is 23.3. The van der Waals surface area contributed by atoms with Gasteiger partial charge in [0.25, 0.3) is 0 Å². The van der Waals surface area contributed by atoms with Gasteiger partial charge in [0.1, 0.15) is 12.2 Å². The zero-order chi connectivity index (χ0) is 29.2. The lowest BCUT2D eigenvalue weighted by Crippen LogP contribution is -2.41. The van der Waals surface area contributed by atoms with Gasteiger partial charge in [0, 0.05) is 37.1 Å². The van der Waals surface area contributed by atoms with Gasteiger partial charge in [-0.25, -0.2) is 0 Å². The minimum absolute atomic E-state index is 0.0912. The topological polar surface area (TPSA) is 77.5 Å². The largest absolute Gasteiger partial charge is 0.493 e. The van der Waals surface area contributed by atoms with E-state index in [0.717, 1.165) is 62.0 Å². The molecule has 2 aromatic carbocycles. The van der Waals surface area contributed by atoms with Gasteiger partial charge >= 0.3 is 0 Å². The van der Waals surface area contributed by atoms with Crippen LogP contribution in [0.25, 0.3) is 0 Å². The summed E-state index contributed by atoms with van der Waals surface area (Å²) in [7, 11) is 7.61. The highest BCUT2D eigenvalue weighted by Gasteiger charge is 2.54. The van der Waals surface area contributed by atoms with Crippen LogP contribution in [0.5, 0.6) is 23.0 Å². The molecule has 8 rings (SSSR count). The minimum Gasteiger partial charge on any atom is -0.493 e. The van der Waals surface area contributed by atoms with Gasteiger partial charge in [-0.2, -0.15) is 0 Å². The van der Waals surface area contributed by atoms with E-state index in [2.05, 4.69) is 48.2 Å². The fraction of sp³-hybridized carbons (Fsp3) is 0.471. The number of nitrogens with zero attached hydrogens (tertiary/aromatic N) is 2. The Morgan fingerprint density at radius 3 is 1.55 bits per heavy atom. The van der Waals surface area contributed by atoms with Crippen molar-refractivity contribution in [2.24, 2.45) is 0 Å². The second-order valence-electron chi connectivity index (χ2n) is 12.5. The van der Waals surface area contributed by atoms with Gasteiger partial charge in [0.15, 0.2) is 34.6 Å². The van der Waals surface area contributed by atoms with Crippen LogP contribution in [-0.4, -0.2) is 75.0 Å². The molecule has 4 atom stereocenters. The predicted molar refractivity (Wildman–Crippen MR) is 158 cm³/mol. The zero-order valence-corrected chi connectivity index (χ0v) is 24.8. The summed E-state index contributed by atoms with van der Waals surface area (Å²) in [5.74, 6) is 3.53. The molecule has 0 unspecified atom stereocenters. The van der Waals surface area contributed by atoms with Crippen LogP contribution in [0.15, 0.2) is 48.6 Å². The van der Waals surface area contributed by atoms with Crippen LogP contribution in [0.3, 0.4) is 0 Å². The summed E-state index contributed by atoms with van der Waals surface area (Å²) in [6, 6.07) is 8.22. The van der Waals surface area contributed by atoms with Crippen LogP contribution in [-0.2, 0) is 33.5 Å². The van der Waals surface area contributed by atoms with Crippen molar-refractivity contribution in [1.82, 2.24) is 9.80 Å². The van der Waals surface area contributed by atoms with Crippen molar-refractivity contribution in [2.75, 3.05) is 41.4 Å². The number of hydrogen-bond acceptors (Lipinski definition) is 8. The number of ketones is 2. The predicted octanol–water partition coefficient (Wildman–Crippen LogP) is 4.12. The molecule has 0 aromatic heterocycles. The lowest BCUT2D eigenvalue weighted by Gasteiger charge is -2.33. The van der Waals surface area contributed by atoms with Gasteiger partial charge in [-0.15, -0.1) is 0 Å².